The minimum atomic E-state index is -0.262. The van der Waals surface area contributed by atoms with Crippen LogP contribution in [0.1, 0.15) is 109 Å². The summed E-state index contributed by atoms with van der Waals surface area (Å²) in [5.41, 5.74) is 0. The summed E-state index contributed by atoms with van der Waals surface area (Å²) in [6, 6.07) is 0. The fourth-order valence-corrected chi connectivity index (χ4v) is 4.36. The Kier molecular flexibility index (Phi) is 18.0. The van der Waals surface area contributed by atoms with Crippen LogP contribution in [0.3, 0.4) is 0 Å². The number of halogens is 2. The molecule has 1 rings (SSSR count). The zero-order valence-electron chi connectivity index (χ0n) is 17.8. The molecule has 0 N–H and O–H groups in total. The van der Waals surface area contributed by atoms with Crippen LogP contribution < -0.4 is 0 Å². The summed E-state index contributed by atoms with van der Waals surface area (Å²) in [4.78, 5) is 10.9. The van der Waals surface area contributed by atoms with Crippen molar-refractivity contribution in [1.29, 1.82) is 0 Å². The van der Waals surface area contributed by atoms with Crippen molar-refractivity contribution >= 4 is 29.5 Å². The summed E-state index contributed by atoms with van der Waals surface area (Å²) in [7, 11) is 0. The highest BCUT2D eigenvalue weighted by atomic mass is 35.5. The quantitative estimate of drug-likeness (QED) is 0.153. The molecule has 0 amide bonds. The van der Waals surface area contributed by atoms with Crippen molar-refractivity contribution in [2.24, 2.45) is 5.92 Å². The average molecular weight is 434 g/mol. The lowest BCUT2D eigenvalue weighted by Gasteiger charge is -2.21. The van der Waals surface area contributed by atoms with E-state index in [0.29, 0.717) is 12.0 Å². The molecule has 1 fully saturated rings. The molecule has 0 aromatic heterocycles. The lowest BCUT2D eigenvalue weighted by atomic mass is 9.98. The van der Waals surface area contributed by atoms with E-state index < -0.39 is 0 Å². The van der Waals surface area contributed by atoms with Crippen molar-refractivity contribution in [1.82, 2.24) is 0 Å². The fraction of sp³-hybridized carbons (Fsp3) is 0.917. The van der Waals surface area contributed by atoms with Crippen LogP contribution in [-0.2, 0) is 9.53 Å². The van der Waals surface area contributed by atoms with Crippen molar-refractivity contribution in [3.8, 4) is 0 Å². The van der Waals surface area contributed by atoms with Crippen LogP contribution in [0.4, 0.5) is 0 Å². The second-order valence-corrected chi connectivity index (χ2v) is 9.23. The van der Waals surface area contributed by atoms with Crippen LogP contribution in [0.2, 0.25) is 0 Å². The van der Waals surface area contributed by atoms with Gasteiger partial charge in [-0.2, -0.15) is 0 Å². The third-order valence-corrected chi connectivity index (χ3v) is 6.83. The summed E-state index contributed by atoms with van der Waals surface area (Å²) < 4.78 is 5.97. The predicted molar refractivity (Wildman–Crippen MR) is 122 cm³/mol. The molecular weight excluding hydrogens is 391 g/mol. The minimum Gasteiger partial charge on any atom is -0.378 e. The van der Waals surface area contributed by atoms with Crippen molar-refractivity contribution < 1.29 is 9.53 Å². The van der Waals surface area contributed by atoms with E-state index in [4.69, 9.17) is 27.9 Å². The van der Waals surface area contributed by atoms with Gasteiger partial charge in [0.2, 0.25) is 6.29 Å². The third kappa shape index (κ3) is 14.2. The van der Waals surface area contributed by atoms with Crippen molar-refractivity contribution in [3.05, 3.63) is 6.42 Å². The van der Waals surface area contributed by atoms with Gasteiger partial charge in [-0.05, 0) is 44.9 Å². The fourth-order valence-electron chi connectivity index (χ4n) is 3.97. The smallest absolute Gasteiger partial charge is 0.203 e. The maximum absolute atomic E-state index is 10.9. The number of alkyl halides is 2. The molecule has 0 heterocycles. The molecule has 1 saturated carbocycles. The van der Waals surface area contributed by atoms with E-state index in [1.54, 1.807) is 0 Å². The molecule has 0 aromatic carbocycles. The summed E-state index contributed by atoms with van der Waals surface area (Å²) in [5.74, 6) is 0.130. The van der Waals surface area contributed by atoms with E-state index in [-0.39, 0.29) is 11.3 Å². The minimum absolute atomic E-state index is 0.198. The standard InChI is InChI=1S/C24H42Cl2O2/c25-20-24(26)22(21-27)16-12-9-7-5-3-1-2-4-6-8-10-15-19-28-23-17-13-11-14-18-23/h11,22-24H,1-10,12-20H2. The van der Waals surface area contributed by atoms with Gasteiger partial charge < -0.3 is 4.74 Å². The topological polar surface area (TPSA) is 26.3 Å². The number of unbranched alkanes of at least 4 members (excludes halogenated alkanes) is 11. The van der Waals surface area contributed by atoms with Gasteiger partial charge in [0.1, 0.15) is 0 Å². The molecule has 28 heavy (non-hydrogen) atoms. The van der Waals surface area contributed by atoms with Gasteiger partial charge in [0.15, 0.2) is 0 Å². The first-order valence-corrected chi connectivity index (χ1v) is 12.8. The Morgan fingerprint density at radius 1 is 0.857 bits per heavy atom. The van der Waals surface area contributed by atoms with Gasteiger partial charge in [-0.25, -0.2) is 0 Å². The van der Waals surface area contributed by atoms with E-state index in [1.165, 1.54) is 96.3 Å². The first-order valence-electron chi connectivity index (χ1n) is 11.8. The zero-order chi connectivity index (χ0) is 20.3. The molecule has 0 saturated heterocycles. The Morgan fingerprint density at radius 2 is 1.36 bits per heavy atom. The van der Waals surface area contributed by atoms with Crippen LogP contribution in [0, 0.1) is 12.3 Å². The summed E-state index contributed by atoms with van der Waals surface area (Å²) >= 11 is 11.7. The highest BCUT2D eigenvalue weighted by molar-refractivity contribution is 6.28. The monoisotopic (exact) mass is 432 g/mol. The number of rotatable bonds is 19. The molecule has 0 spiro atoms. The first kappa shape index (κ1) is 26.2. The Bertz CT molecular complexity index is 345. The number of carbonyl (C=O) groups excluding carboxylic acids is 1. The van der Waals surface area contributed by atoms with Gasteiger partial charge in [-0.3, -0.25) is 4.79 Å². The van der Waals surface area contributed by atoms with E-state index in [1.807, 2.05) is 6.29 Å². The predicted octanol–water partition coefficient (Wildman–Crippen LogP) is 7.79. The number of hydrogen-bond acceptors (Lipinski definition) is 2. The Hall–Kier alpha value is 0.210. The van der Waals surface area contributed by atoms with Crippen LogP contribution in [0.5, 0.6) is 0 Å². The van der Waals surface area contributed by atoms with E-state index in [9.17, 15) is 4.79 Å². The SMILES string of the molecule is O=[C]C(CCCCCCCCCCCCCCOC1CC[CH]CC1)C(Cl)CCl. The van der Waals surface area contributed by atoms with Gasteiger partial charge in [0.05, 0.1) is 11.5 Å². The normalized spacial score (nSPS) is 17.5. The van der Waals surface area contributed by atoms with Crippen LogP contribution >= 0.6 is 23.2 Å². The van der Waals surface area contributed by atoms with Gasteiger partial charge in [-0.15, -0.1) is 23.2 Å². The van der Waals surface area contributed by atoms with Gasteiger partial charge in [0, 0.05) is 18.4 Å². The van der Waals surface area contributed by atoms with Gasteiger partial charge in [0.25, 0.3) is 0 Å². The summed E-state index contributed by atoms with van der Waals surface area (Å²) in [6.45, 7) is 0.966. The van der Waals surface area contributed by atoms with E-state index >= 15 is 0 Å². The van der Waals surface area contributed by atoms with E-state index in [2.05, 4.69) is 6.42 Å². The molecule has 2 atom stereocenters. The number of ether oxygens (including phenoxy) is 1. The lowest BCUT2D eigenvalue weighted by molar-refractivity contribution is 0.0326. The first-order chi connectivity index (χ1) is 13.8. The lowest BCUT2D eigenvalue weighted by Crippen LogP contribution is -2.17. The second-order valence-electron chi connectivity index (χ2n) is 8.36. The Labute approximate surface area is 184 Å². The molecule has 2 unspecified atom stereocenters. The van der Waals surface area contributed by atoms with Gasteiger partial charge >= 0.3 is 0 Å². The number of hydrogen-bond donors (Lipinski definition) is 0. The van der Waals surface area contributed by atoms with Crippen molar-refractivity contribution in [3.63, 3.8) is 0 Å². The molecule has 2 radical (unpaired) electrons. The van der Waals surface area contributed by atoms with E-state index in [0.717, 1.165) is 19.4 Å². The Morgan fingerprint density at radius 3 is 1.86 bits per heavy atom. The molecule has 2 nitrogen and oxygen atoms in total. The molecular formula is C24H42Cl2O2. The Balaban J connectivity index is 1.74. The maximum atomic E-state index is 10.9. The van der Waals surface area contributed by atoms with Crippen molar-refractivity contribution in [2.75, 3.05) is 12.5 Å². The largest absolute Gasteiger partial charge is 0.378 e. The molecule has 0 aliphatic heterocycles. The zero-order valence-corrected chi connectivity index (χ0v) is 19.3. The highest BCUT2D eigenvalue weighted by Gasteiger charge is 2.18. The summed E-state index contributed by atoms with van der Waals surface area (Å²) in [6.07, 6.45) is 26.3. The molecule has 164 valence electrons. The highest BCUT2D eigenvalue weighted by Crippen LogP contribution is 2.20. The molecule has 4 heteroatoms. The maximum Gasteiger partial charge on any atom is 0.203 e. The molecule has 1 aliphatic carbocycles. The summed E-state index contributed by atoms with van der Waals surface area (Å²) in [5, 5.41) is -0.262. The van der Waals surface area contributed by atoms with Crippen LogP contribution in [0.25, 0.3) is 0 Å². The van der Waals surface area contributed by atoms with Crippen LogP contribution in [0.15, 0.2) is 0 Å². The van der Waals surface area contributed by atoms with Crippen molar-refractivity contribution in [2.45, 2.75) is 121 Å². The van der Waals surface area contributed by atoms with Crippen LogP contribution in [-0.4, -0.2) is 30.3 Å². The average Bonchev–Trinajstić information content (AvgIpc) is 2.73. The van der Waals surface area contributed by atoms with Gasteiger partial charge in [-0.1, -0.05) is 70.6 Å². The molecule has 0 bridgehead atoms. The molecule has 1 aliphatic rings. The second kappa shape index (κ2) is 19.2. The third-order valence-electron chi connectivity index (χ3n) is 5.88. The molecule has 0 aromatic rings.